The molecule has 1 aliphatic rings. The van der Waals surface area contributed by atoms with E-state index < -0.39 is 0 Å². The molecule has 0 saturated carbocycles. The number of hydrogen-bond donors (Lipinski definition) is 0. The molecule has 1 heterocycles. The number of carbonyl (C=O) groups excluding carboxylic acids is 2. The zero-order valence-electron chi connectivity index (χ0n) is 15.2. The Balaban J connectivity index is 2.48. The lowest BCUT2D eigenvalue weighted by Gasteiger charge is -2.25. The second-order valence-electron chi connectivity index (χ2n) is 5.82. The third kappa shape index (κ3) is 4.27. The number of ether oxygens (including phenoxy) is 2. The Morgan fingerprint density at radius 2 is 1.56 bits per heavy atom. The van der Waals surface area contributed by atoms with Gasteiger partial charge in [0, 0.05) is 33.9 Å². The standard InChI is InChI=1S/C19H26N2O4/c1-4-10-21-18(22)16(15-8-6-5-7-9-15)17(19(21)23)20(11-13-24-2)12-14-25-3/h5-9H,4,10-14H2,1-3H3. The van der Waals surface area contributed by atoms with Crippen LogP contribution in [-0.4, -0.2) is 68.7 Å². The van der Waals surface area contributed by atoms with E-state index in [4.69, 9.17) is 9.47 Å². The number of nitrogens with zero attached hydrogens (tertiary/aromatic N) is 2. The van der Waals surface area contributed by atoms with Gasteiger partial charge in [-0.25, -0.2) is 0 Å². The highest BCUT2D eigenvalue weighted by Crippen LogP contribution is 2.31. The van der Waals surface area contributed by atoms with E-state index in [0.717, 1.165) is 12.0 Å². The van der Waals surface area contributed by atoms with Gasteiger partial charge in [-0.2, -0.15) is 0 Å². The fourth-order valence-corrected chi connectivity index (χ4v) is 2.89. The van der Waals surface area contributed by atoms with Crippen LogP contribution in [0, 0.1) is 0 Å². The van der Waals surface area contributed by atoms with Crippen molar-refractivity contribution in [3.05, 3.63) is 41.6 Å². The van der Waals surface area contributed by atoms with E-state index >= 15 is 0 Å². The summed E-state index contributed by atoms with van der Waals surface area (Å²) in [6.07, 6.45) is 0.725. The van der Waals surface area contributed by atoms with Crippen molar-refractivity contribution in [2.45, 2.75) is 13.3 Å². The highest BCUT2D eigenvalue weighted by molar-refractivity contribution is 6.35. The largest absolute Gasteiger partial charge is 0.383 e. The van der Waals surface area contributed by atoms with Crippen molar-refractivity contribution >= 4 is 17.4 Å². The normalized spacial score (nSPS) is 14.6. The van der Waals surface area contributed by atoms with Gasteiger partial charge >= 0.3 is 0 Å². The average molecular weight is 346 g/mol. The van der Waals surface area contributed by atoms with Crippen molar-refractivity contribution in [2.75, 3.05) is 47.1 Å². The Hall–Kier alpha value is -2.18. The Kier molecular flexibility index (Phi) is 7.16. The molecule has 0 bridgehead atoms. The number of rotatable bonds is 10. The summed E-state index contributed by atoms with van der Waals surface area (Å²) in [7, 11) is 3.23. The Morgan fingerprint density at radius 1 is 0.960 bits per heavy atom. The first-order valence-electron chi connectivity index (χ1n) is 8.54. The fraction of sp³-hybridized carbons (Fsp3) is 0.474. The number of imide groups is 1. The van der Waals surface area contributed by atoms with Crippen molar-refractivity contribution in [3.8, 4) is 0 Å². The van der Waals surface area contributed by atoms with Crippen molar-refractivity contribution in [3.63, 3.8) is 0 Å². The molecule has 0 aliphatic carbocycles. The Morgan fingerprint density at radius 3 is 2.08 bits per heavy atom. The highest BCUT2D eigenvalue weighted by atomic mass is 16.5. The quantitative estimate of drug-likeness (QED) is 0.604. The molecule has 0 aromatic heterocycles. The SMILES string of the molecule is CCCN1C(=O)C(c2ccccc2)=C(N(CCOC)CCOC)C1=O. The summed E-state index contributed by atoms with van der Waals surface area (Å²) in [6.45, 7) is 4.33. The molecule has 0 unspecified atom stereocenters. The van der Waals surface area contributed by atoms with E-state index in [0.29, 0.717) is 44.1 Å². The summed E-state index contributed by atoms with van der Waals surface area (Å²) >= 11 is 0. The van der Waals surface area contributed by atoms with E-state index in [2.05, 4.69) is 0 Å². The smallest absolute Gasteiger partial charge is 0.277 e. The van der Waals surface area contributed by atoms with Gasteiger partial charge in [0.15, 0.2) is 0 Å². The Labute approximate surface area is 149 Å². The minimum atomic E-state index is -0.238. The van der Waals surface area contributed by atoms with Gasteiger partial charge in [-0.3, -0.25) is 14.5 Å². The molecule has 25 heavy (non-hydrogen) atoms. The van der Waals surface area contributed by atoms with Crippen LogP contribution in [0.15, 0.2) is 36.0 Å². The minimum absolute atomic E-state index is 0.229. The third-order valence-corrected chi connectivity index (χ3v) is 4.10. The number of benzene rings is 1. The van der Waals surface area contributed by atoms with Crippen LogP contribution >= 0.6 is 0 Å². The predicted octanol–water partition coefficient (Wildman–Crippen LogP) is 1.77. The van der Waals surface area contributed by atoms with Crippen molar-refractivity contribution < 1.29 is 19.1 Å². The molecular formula is C19H26N2O4. The second kappa shape index (κ2) is 9.34. The molecule has 0 saturated heterocycles. The van der Waals surface area contributed by atoms with Gasteiger partial charge in [0.2, 0.25) is 0 Å². The molecule has 6 heteroatoms. The first kappa shape index (κ1) is 19.1. The van der Waals surface area contributed by atoms with Crippen LogP contribution in [0.1, 0.15) is 18.9 Å². The number of methoxy groups -OCH3 is 2. The molecular weight excluding hydrogens is 320 g/mol. The van der Waals surface area contributed by atoms with Gasteiger partial charge in [0.25, 0.3) is 11.8 Å². The lowest BCUT2D eigenvalue weighted by molar-refractivity contribution is -0.137. The third-order valence-electron chi connectivity index (χ3n) is 4.10. The van der Waals surface area contributed by atoms with Crippen LogP contribution in [-0.2, 0) is 19.1 Å². The van der Waals surface area contributed by atoms with Gasteiger partial charge in [0.1, 0.15) is 5.70 Å². The van der Waals surface area contributed by atoms with Gasteiger partial charge in [-0.1, -0.05) is 37.3 Å². The molecule has 6 nitrogen and oxygen atoms in total. The second-order valence-corrected chi connectivity index (χ2v) is 5.82. The van der Waals surface area contributed by atoms with Gasteiger partial charge in [0.05, 0.1) is 18.8 Å². The van der Waals surface area contributed by atoms with E-state index in [9.17, 15) is 9.59 Å². The molecule has 0 fully saturated rings. The summed E-state index contributed by atoms with van der Waals surface area (Å²) < 4.78 is 10.3. The van der Waals surface area contributed by atoms with Crippen LogP contribution < -0.4 is 0 Å². The number of amides is 2. The molecule has 1 aromatic rings. The molecule has 0 N–H and O–H groups in total. The summed E-state index contributed by atoms with van der Waals surface area (Å²) in [5, 5.41) is 0. The maximum absolute atomic E-state index is 13.0. The van der Waals surface area contributed by atoms with Crippen LogP contribution in [0.4, 0.5) is 0 Å². The zero-order chi connectivity index (χ0) is 18.2. The topological polar surface area (TPSA) is 59.1 Å². The summed E-state index contributed by atoms with van der Waals surface area (Å²) in [4.78, 5) is 29.1. The van der Waals surface area contributed by atoms with Gasteiger partial charge < -0.3 is 14.4 Å². The Bertz CT molecular complexity index is 620. The van der Waals surface area contributed by atoms with Crippen molar-refractivity contribution in [1.29, 1.82) is 0 Å². The van der Waals surface area contributed by atoms with Crippen LogP contribution in [0.5, 0.6) is 0 Å². The van der Waals surface area contributed by atoms with E-state index in [-0.39, 0.29) is 11.8 Å². The lowest BCUT2D eigenvalue weighted by Crippen LogP contribution is -2.38. The number of carbonyl (C=O) groups is 2. The number of hydrogen-bond acceptors (Lipinski definition) is 5. The lowest BCUT2D eigenvalue weighted by atomic mass is 10.0. The summed E-state index contributed by atoms with van der Waals surface area (Å²) in [5.41, 5.74) is 1.67. The first-order chi connectivity index (χ1) is 12.2. The van der Waals surface area contributed by atoms with Crippen molar-refractivity contribution in [2.24, 2.45) is 0 Å². The molecule has 136 valence electrons. The molecule has 0 radical (unpaired) electrons. The maximum Gasteiger partial charge on any atom is 0.277 e. The van der Waals surface area contributed by atoms with Crippen molar-refractivity contribution in [1.82, 2.24) is 9.80 Å². The van der Waals surface area contributed by atoms with Crippen LogP contribution in [0.2, 0.25) is 0 Å². The molecule has 2 amide bonds. The molecule has 2 rings (SSSR count). The molecule has 1 aliphatic heterocycles. The highest BCUT2D eigenvalue weighted by Gasteiger charge is 2.40. The minimum Gasteiger partial charge on any atom is -0.383 e. The predicted molar refractivity (Wildman–Crippen MR) is 95.7 cm³/mol. The molecule has 0 spiro atoms. The van der Waals surface area contributed by atoms with E-state index in [1.54, 1.807) is 14.2 Å². The van der Waals surface area contributed by atoms with Crippen LogP contribution in [0.3, 0.4) is 0 Å². The average Bonchev–Trinajstić information content (AvgIpc) is 2.88. The fourth-order valence-electron chi connectivity index (χ4n) is 2.89. The van der Waals surface area contributed by atoms with E-state index in [1.807, 2.05) is 42.2 Å². The van der Waals surface area contributed by atoms with Gasteiger partial charge in [-0.05, 0) is 12.0 Å². The van der Waals surface area contributed by atoms with Crippen LogP contribution in [0.25, 0.3) is 5.57 Å². The monoisotopic (exact) mass is 346 g/mol. The molecule has 1 aromatic carbocycles. The summed E-state index contributed by atoms with van der Waals surface area (Å²) in [6, 6.07) is 9.35. The maximum atomic E-state index is 13.0. The first-order valence-corrected chi connectivity index (χ1v) is 8.54. The summed E-state index contributed by atoms with van der Waals surface area (Å²) in [5.74, 6) is -0.467. The molecule has 0 atom stereocenters. The van der Waals surface area contributed by atoms with Gasteiger partial charge in [-0.15, -0.1) is 0 Å². The zero-order valence-corrected chi connectivity index (χ0v) is 15.2. The van der Waals surface area contributed by atoms with E-state index in [1.165, 1.54) is 4.90 Å².